The van der Waals surface area contributed by atoms with Crippen molar-refractivity contribution in [1.29, 1.82) is 0 Å². The van der Waals surface area contributed by atoms with Gasteiger partial charge in [0.1, 0.15) is 18.3 Å². The van der Waals surface area contributed by atoms with Gasteiger partial charge in [-0.3, -0.25) is 4.79 Å². The molecule has 96 valence electrons. The van der Waals surface area contributed by atoms with E-state index in [1.807, 2.05) is 30.3 Å². The van der Waals surface area contributed by atoms with Gasteiger partial charge < -0.3 is 14.6 Å². The second-order valence-electron chi connectivity index (χ2n) is 4.60. The summed E-state index contributed by atoms with van der Waals surface area (Å²) in [5.41, 5.74) is 0.884. The van der Waals surface area contributed by atoms with Gasteiger partial charge in [0.15, 0.2) is 6.10 Å². The van der Waals surface area contributed by atoms with Crippen LogP contribution in [0.1, 0.15) is 17.4 Å². The molecular weight excluding hydrogens is 256 g/mol. The van der Waals surface area contributed by atoms with E-state index in [0.29, 0.717) is 0 Å². The van der Waals surface area contributed by atoms with Crippen molar-refractivity contribution in [3.05, 3.63) is 35.9 Å². The topological polar surface area (TPSA) is 55.8 Å². The van der Waals surface area contributed by atoms with Crippen molar-refractivity contribution in [2.45, 2.75) is 36.2 Å². The van der Waals surface area contributed by atoms with Gasteiger partial charge in [0.2, 0.25) is 0 Å². The fraction of sp³-hybridized carbons (Fsp3) is 0.462. The molecule has 0 spiro atoms. The molecule has 0 unspecified atom stereocenters. The number of hydrogen-bond acceptors (Lipinski definition) is 4. The van der Waals surface area contributed by atoms with Crippen molar-refractivity contribution in [2.75, 3.05) is 0 Å². The van der Waals surface area contributed by atoms with Gasteiger partial charge in [-0.1, -0.05) is 30.3 Å². The lowest BCUT2D eigenvalue weighted by atomic mass is 10.0. The highest BCUT2D eigenvalue weighted by Crippen LogP contribution is 2.39. The SMILES string of the molecule is O=C1C[C@H]2O[C@H]([C@@H](Cl)c3ccccc3)[C@H](O)[C@H]2O1. The highest BCUT2D eigenvalue weighted by atomic mass is 35.5. The van der Waals surface area contributed by atoms with Crippen molar-refractivity contribution in [3.63, 3.8) is 0 Å². The van der Waals surface area contributed by atoms with Crippen LogP contribution in [0.3, 0.4) is 0 Å². The van der Waals surface area contributed by atoms with E-state index in [1.165, 1.54) is 0 Å². The quantitative estimate of drug-likeness (QED) is 0.651. The van der Waals surface area contributed by atoms with E-state index in [2.05, 4.69) is 0 Å². The van der Waals surface area contributed by atoms with Crippen LogP contribution in [0, 0.1) is 0 Å². The lowest BCUT2D eigenvalue weighted by Gasteiger charge is -2.21. The molecule has 2 aliphatic rings. The number of hydrogen-bond donors (Lipinski definition) is 1. The fourth-order valence-corrected chi connectivity index (χ4v) is 2.86. The Morgan fingerprint density at radius 1 is 1.33 bits per heavy atom. The Morgan fingerprint density at radius 3 is 2.72 bits per heavy atom. The van der Waals surface area contributed by atoms with E-state index >= 15 is 0 Å². The van der Waals surface area contributed by atoms with Crippen molar-refractivity contribution < 1.29 is 19.4 Å². The lowest BCUT2D eigenvalue weighted by molar-refractivity contribution is -0.145. The smallest absolute Gasteiger partial charge is 0.309 e. The van der Waals surface area contributed by atoms with Crippen molar-refractivity contribution in [3.8, 4) is 0 Å². The summed E-state index contributed by atoms with van der Waals surface area (Å²) in [5.74, 6) is -0.326. The first-order valence-corrected chi connectivity index (χ1v) is 6.32. The average Bonchev–Trinajstić information content (AvgIpc) is 2.88. The Bertz CT molecular complexity index is 450. The molecule has 0 aliphatic carbocycles. The summed E-state index contributed by atoms with van der Waals surface area (Å²) in [5, 5.41) is 9.67. The molecule has 0 amide bonds. The van der Waals surface area contributed by atoms with E-state index in [0.717, 1.165) is 5.56 Å². The molecule has 0 bridgehead atoms. The third-order valence-corrected chi connectivity index (χ3v) is 3.91. The molecule has 5 atom stereocenters. The number of fused-ring (bicyclic) bond motifs is 1. The van der Waals surface area contributed by atoms with Crippen LogP contribution in [0.5, 0.6) is 0 Å². The predicted molar refractivity (Wildman–Crippen MR) is 64.2 cm³/mol. The fourth-order valence-electron chi connectivity index (χ4n) is 2.51. The van der Waals surface area contributed by atoms with Gasteiger partial charge in [-0.05, 0) is 5.56 Å². The maximum Gasteiger partial charge on any atom is 0.309 e. The van der Waals surface area contributed by atoms with Gasteiger partial charge in [-0.25, -0.2) is 0 Å². The summed E-state index contributed by atoms with van der Waals surface area (Å²) in [6, 6.07) is 9.43. The van der Waals surface area contributed by atoms with Gasteiger partial charge in [0.25, 0.3) is 0 Å². The molecule has 0 aromatic heterocycles. The average molecular weight is 269 g/mol. The molecule has 2 fully saturated rings. The number of carbonyl (C=O) groups excluding carboxylic acids is 1. The zero-order valence-corrected chi connectivity index (χ0v) is 10.3. The molecule has 4 nitrogen and oxygen atoms in total. The van der Waals surface area contributed by atoms with Gasteiger partial charge in [0.05, 0.1) is 11.8 Å². The number of alkyl halides is 1. The Kier molecular flexibility index (Phi) is 3.01. The Labute approximate surface area is 109 Å². The second kappa shape index (κ2) is 4.53. The molecule has 0 saturated carbocycles. The summed E-state index contributed by atoms with van der Waals surface area (Å²) < 4.78 is 10.7. The predicted octanol–water partition coefficient (Wildman–Crippen LogP) is 1.41. The molecule has 2 saturated heterocycles. The van der Waals surface area contributed by atoms with Crippen LogP contribution >= 0.6 is 11.6 Å². The van der Waals surface area contributed by atoms with Gasteiger partial charge in [-0.2, -0.15) is 0 Å². The number of rotatable bonds is 2. The third kappa shape index (κ3) is 1.90. The summed E-state index contributed by atoms with van der Waals surface area (Å²) in [4.78, 5) is 11.1. The minimum atomic E-state index is -0.871. The number of ether oxygens (including phenoxy) is 2. The second-order valence-corrected chi connectivity index (χ2v) is 5.07. The number of aliphatic hydroxyl groups excluding tert-OH is 1. The van der Waals surface area contributed by atoms with Crippen LogP contribution < -0.4 is 0 Å². The van der Waals surface area contributed by atoms with Gasteiger partial charge in [-0.15, -0.1) is 11.6 Å². The highest BCUT2D eigenvalue weighted by Gasteiger charge is 2.53. The van der Waals surface area contributed by atoms with E-state index in [-0.39, 0.29) is 18.5 Å². The normalized spacial score (nSPS) is 36.2. The lowest BCUT2D eigenvalue weighted by Crippen LogP contribution is -2.34. The molecular formula is C13H13ClO4. The minimum absolute atomic E-state index is 0.191. The Hall–Kier alpha value is -1.10. The van der Waals surface area contributed by atoms with Crippen LogP contribution in [0.25, 0.3) is 0 Å². The van der Waals surface area contributed by atoms with E-state index in [1.54, 1.807) is 0 Å². The first-order valence-electron chi connectivity index (χ1n) is 5.89. The number of benzene rings is 1. The maximum atomic E-state index is 11.1. The monoisotopic (exact) mass is 268 g/mol. The molecule has 3 rings (SSSR count). The molecule has 1 aromatic rings. The highest BCUT2D eigenvalue weighted by molar-refractivity contribution is 6.21. The molecule has 0 radical (unpaired) electrons. The zero-order valence-electron chi connectivity index (χ0n) is 9.53. The Morgan fingerprint density at radius 2 is 2.06 bits per heavy atom. The van der Waals surface area contributed by atoms with Crippen LogP contribution in [0.4, 0.5) is 0 Å². The summed E-state index contributed by atoms with van der Waals surface area (Å²) in [7, 11) is 0. The van der Waals surface area contributed by atoms with E-state index in [9.17, 15) is 9.90 Å². The standard InChI is InChI=1S/C13H13ClO4/c14-10(7-4-2-1-3-5-7)13-11(16)12-8(17-13)6-9(15)18-12/h1-5,8,10-13,16H,6H2/t8-,10+,11-,12+,13-/m1/s1. The number of esters is 1. The molecule has 2 heterocycles. The zero-order chi connectivity index (χ0) is 12.7. The van der Waals surface area contributed by atoms with E-state index < -0.39 is 23.7 Å². The van der Waals surface area contributed by atoms with E-state index in [4.69, 9.17) is 21.1 Å². The Balaban J connectivity index is 1.77. The molecule has 1 aromatic carbocycles. The van der Waals surface area contributed by atoms with Crippen molar-refractivity contribution in [1.82, 2.24) is 0 Å². The minimum Gasteiger partial charge on any atom is -0.457 e. The number of aliphatic hydroxyl groups is 1. The summed E-state index contributed by atoms with van der Waals surface area (Å²) in [6.07, 6.45) is -2.17. The maximum absolute atomic E-state index is 11.1. The number of halogens is 1. The van der Waals surface area contributed by atoms with Crippen LogP contribution in [0.15, 0.2) is 30.3 Å². The van der Waals surface area contributed by atoms with Crippen LogP contribution in [-0.4, -0.2) is 35.5 Å². The molecule has 1 N–H and O–H groups in total. The molecule has 18 heavy (non-hydrogen) atoms. The summed E-state index contributed by atoms with van der Waals surface area (Å²) >= 11 is 6.33. The summed E-state index contributed by atoms with van der Waals surface area (Å²) in [6.45, 7) is 0. The van der Waals surface area contributed by atoms with Crippen molar-refractivity contribution in [2.24, 2.45) is 0 Å². The first-order chi connectivity index (χ1) is 8.66. The van der Waals surface area contributed by atoms with Crippen molar-refractivity contribution >= 4 is 17.6 Å². The molecule has 2 aliphatic heterocycles. The largest absolute Gasteiger partial charge is 0.457 e. The van der Waals surface area contributed by atoms with Gasteiger partial charge >= 0.3 is 5.97 Å². The van der Waals surface area contributed by atoms with Crippen LogP contribution in [-0.2, 0) is 14.3 Å². The third-order valence-electron chi connectivity index (χ3n) is 3.41. The number of carbonyl (C=O) groups is 1. The first kappa shape index (κ1) is 12.0. The van der Waals surface area contributed by atoms with Crippen LogP contribution in [0.2, 0.25) is 0 Å². The molecule has 5 heteroatoms. The van der Waals surface area contributed by atoms with Gasteiger partial charge in [0, 0.05) is 0 Å².